The predicted octanol–water partition coefficient (Wildman–Crippen LogP) is 3.98. The normalized spacial score (nSPS) is 17.5. The largest absolute Gasteiger partial charge is 0.366 e. The van der Waals surface area contributed by atoms with Crippen LogP contribution in [0.3, 0.4) is 0 Å². The zero-order valence-corrected chi connectivity index (χ0v) is 17.9. The Morgan fingerprint density at radius 3 is 2.26 bits per heavy atom. The lowest BCUT2D eigenvalue weighted by molar-refractivity contribution is -0.126. The molecule has 2 aliphatic rings. The molecule has 0 bridgehead atoms. The number of para-hydroxylation sites is 1. The highest BCUT2D eigenvalue weighted by Gasteiger charge is 2.24. The molecule has 0 spiro atoms. The number of benzene rings is 2. The molecule has 2 aromatic carbocycles. The molecule has 1 aliphatic carbocycles. The lowest BCUT2D eigenvalue weighted by Gasteiger charge is -2.36. The van der Waals surface area contributed by atoms with Crippen LogP contribution < -0.4 is 10.2 Å². The summed E-state index contributed by atoms with van der Waals surface area (Å²) in [6.45, 7) is 2.83. The summed E-state index contributed by atoms with van der Waals surface area (Å²) in [5.41, 5.74) is 2.22. The Kier molecular flexibility index (Phi) is 6.85. The average molecular weight is 424 g/mol. The van der Waals surface area contributed by atoms with Crippen molar-refractivity contribution in [3.05, 3.63) is 65.5 Å². The molecule has 2 amide bonds. The van der Waals surface area contributed by atoms with Crippen LogP contribution in [0.5, 0.6) is 0 Å². The van der Waals surface area contributed by atoms with Gasteiger partial charge in [0.05, 0.1) is 5.69 Å². The third-order valence-electron chi connectivity index (χ3n) is 6.40. The van der Waals surface area contributed by atoms with E-state index in [0.717, 1.165) is 31.2 Å². The molecule has 2 fully saturated rings. The van der Waals surface area contributed by atoms with Gasteiger partial charge in [0.15, 0.2) is 0 Å². The Morgan fingerprint density at radius 2 is 1.58 bits per heavy atom. The molecule has 31 heavy (non-hydrogen) atoms. The highest BCUT2D eigenvalue weighted by Crippen LogP contribution is 2.24. The molecule has 4 rings (SSSR count). The van der Waals surface area contributed by atoms with E-state index in [9.17, 15) is 14.0 Å². The van der Waals surface area contributed by atoms with Gasteiger partial charge in [-0.15, -0.1) is 0 Å². The first-order valence-corrected chi connectivity index (χ1v) is 11.3. The summed E-state index contributed by atoms with van der Waals surface area (Å²) in [7, 11) is 0. The summed E-state index contributed by atoms with van der Waals surface area (Å²) in [6, 6.07) is 14.2. The van der Waals surface area contributed by atoms with Crippen molar-refractivity contribution < 1.29 is 14.0 Å². The number of anilines is 1. The van der Waals surface area contributed by atoms with Gasteiger partial charge in [-0.1, -0.05) is 43.5 Å². The molecule has 6 heteroatoms. The minimum Gasteiger partial charge on any atom is -0.366 e. The van der Waals surface area contributed by atoms with E-state index in [-0.39, 0.29) is 23.5 Å². The van der Waals surface area contributed by atoms with Gasteiger partial charge in [-0.3, -0.25) is 9.59 Å². The molecule has 0 atom stereocenters. The first-order chi connectivity index (χ1) is 15.1. The van der Waals surface area contributed by atoms with Gasteiger partial charge in [0.25, 0.3) is 5.91 Å². The quantitative estimate of drug-likeness (QED) is 0.791. The predicted molar refractivity (Wildman–Crippen MR) is 119 cm³/mol. The van der Waals surface area contributed by atoms with Crippen LogP contribution in [0.2, 0.25) is 0 Å². The Morgan fingerprint density at radius 1 is 0.903 bits per heavy atom. The number of nitrogens with zero attached hydrogens (tertiary/aromatic N) is 2. The summed E-state index contributed by atoms with van der Waals surface area (Å²) >= 11 is 0. The van der Waals surface area contributed by atoms with Crippen molar-refractivity contribution in [3.63, 3.8) is 0 Å². The van der Waals surface area contributed by atoms with Crippen molar-refractivity contribution in [2.45, 2.75) is 38.6 Å². The van der Waals surface area contributed by atoms with Crippen molar-refractivity contribution in [2.24, 2.45) is 5.92 Å². The van der Waals surface area contributed by atoms with Crippen LogP contribution >= 0.6 is 0 Å². The highest BCUT2D eigenvalue weighted by atomic mass is 19.1. The van der Waals surface area contributed by atoms with Crippen molar-refractivity contribution in [1.29, 1.82) is 0 Å². The van der Waals surface area contributed by atoms with E-state index < -0.39 is 0 Å². The molecular weight excluding hydrogens is 393 g/mol. The summed E-state index contributed by atoms with van der Waals surface area (Å²) in [5.74, 6) is 0.0598. The standard InChI is InChI=1S/C25H30FN3O2/c26-22-8-4-5-9-23(22)28-14-16-29(17-15-28)25(31)21-12-10-19(11-13-21)18-27-24(30)20-6-2-1-3-7-20/h4-5,8-13,20H,1-3,6-7,14-18H2,(H,27,30). The lowest BCUT2D eigenvalue weighted by atomic mass is 9.88. The van der Waals surface area contributed by atoms with Gasteiger partial charge in [0.2, 0.25) is 5.91 Å². The fourth-order valence-corrected chi connectivity index (χ4v) is 4.50. The van der Waals surface area contributed by atoms with Crippen molar-refractivity contribution in [1.82, 2.24) is 10.2 Å². The first-order valence-electron chi connectivity index (χ1n) is 11.3. The minimum atomic E-state index is -0.228. The number of carbonyl (C=O) groups excluding carboxylic acids is 2. The fraction of sp³-hybridized carbons (Fsp3) is 0.440. The molecule has 0 radical (unpaired) electrons. The number of piperazine rings is 1. The number of hydrogen-bond donors (Lipinski definition) is 1. The summed E-state index contributed by atoms with van der Waals surface area (Å²) in [4.78, 5) is 29.0. The Bertz CT molecular complexity index is 901. The number of carbonyl (C=O) groups is 2. The van der Waals surface area contributed by atoms with E-state index in [1.165, 1.54) is 12.5 Å². The third-order valence-corrected chi connectivity index (χ3v) is 6.40. The van der Waals surface area contributed by atoms with Gasteiger partial charge in [-0.25, -0.2) is 4.39 Å². The number of hydrogen-bond acceptors (Lipinski definition) is 3. The number of rotatable bonds is 5. The van der Waals surface area contributed by atoms with Gasteiger partial charge >= 0.3 is 0 Å². The zero-order valence-electron chi connectivity index (χ0n) is 17.9. The maximum absolute atomic E-state index is 14.0. The molecular formula is C25H30FN3O2. The molecule has 1 N–H and O–H groups in total. The third kappa shape index (κ3) is 5.24. The molecule has 1 saturated heterocycles. The van der Waals surface area contributed by atoms with Crippen LogP contribution in [0.25, 0.3) is 0 Å². The SMILES string of the molecule is O=C(NCc1ccc(C(=O)N2CCN(c3ccccc3F)CC2)cc1)C1CCCCC1. The van der Waals surface area contributed by atoms with Gasteiger partial charge in [0.1, 0.15) is 5.82 Å². The van der Waals surface area contributed by atoms with Crippen LogP contribution in [0.1, 0.15) is 48.0 Å². The fourth-order valence-electron chi connectivity index (χ4n) is 4.50. The topological polar surface area (TPSA) is 52.7 Å². The van der Waals surface area contributed by atoms with Crippen molar-refractivity contribution >= 4 is 17.5 Å². The molecule has 1 aliphatic heterocycles. The van der Waals surface area contributed by atoms with E-state index in [0.29, 0.717) is 44.0 Å². The highest BCUT2D eigenvalue weighted by molar-refractivity contribution is 5.94. The summed E-state index contributed by atoms with van der Waals surface area (Å²) in [6.07, 6.45) is 5.50. The maximum atomic E-state index is 14.0. The van der Waals surface area contributed by atoms with Crippen molar-refractivity contribution in [3.8, 4) is 0 Å². The molecule has 5 nitrogen and oxygen atoms in total. The Balaban J connectivity index is 1.27. The molecule has 1 saturated carbocycles. The van der Waals surface area contributed by atoms with Gasteiger partial charge in [0, 0.05) is 44.2 Å². The maximum Gasteiger partial charge on any atom is 0.253 e. The second-order valence-corrected chi connectivity index (χ2v) is 8.48. The van der Waals surface area contributed by atoms with Crippen molar-refractivity contribution in [2.75, 3.05) is 31.1 Å². The van der Waals surface area contributed by atoms with E-state index in [1.54, 1.807) is 12.1 Å². The van der Waals surface area contributed by atoms with Crippen LogP contribution in [-0.4, -0.2) is 42.9 Å². The van der Waals surface area contributed by atoms with Crippen LogP contribution in [0.4, 0.5) is 10.1 Å². The van der Waals surface area contributed by atoms with E-state index >= 15 is 0 Å². The first kappa shape index (κ1) is 21.3. The summed E-state index contributed by atoms with van der Waals surface area (Å²) < 4.78 is 14.0. The Hall–Kier alpha value is -2.89. The van der Waals surface area contributed by atoms with Gasteiger partial charge < -0.3 is 15.1 Å². The molecule has 2 aromatic rings. The van der Waals surface area contributed by atoms with Crippen LogP contribution in [0, 0.1) is 11.7 Å². The second-order valence-electron chi connectivity index (χ2n) is 8.48. The van der Waals surface area contributed by atoms with Crippen LogP contribution in [0.15, 0.2) is 48.5 Å². The molecule has 164 valence electrons. The number of amides is 2. The average Bonchev–Trinajstić information content (AvgIpc) is 2.83. The lowest BCUT2D eigenvalue weighted by Crippen LogP contribution is -2.49. The summed E-state index contributed by atoms with van der Waals surface area (Å²) in [5, 5.41) is 3.04. The second kappa shape index (κ2) is 9.94. The van der Waals surface area contributed by atoms with E-state index in [4.69, 9.17) is 0 Å². The number of nitrogens with one attached hydrogen (secondary N) is 1. The minimum absolute atomic E-state index is 0.00836. The van der Waals surface area contributed by atoms with Crippen LogP contribution in [-0.2, 0) is 11.3 Å². The molecule has 0 aromatic heterocycles. The number of halogens is 1. The molecule has 0 unspecified atom stereocenters. The monoisotopic (exact) mass is 423 g/mol. The Labute approximate surface area is 183 Å². The zero-order chi connectivity index (χ0) is 21.6. The van der Waals surface area contributed by atoms with Gasteiger partial charge in [-0.05, 0) is 42.7 Å². The van der Waals surface area contributed by atoms with E-state index in [2.05, 4.69) is 5.32 Å². The smallest absolute Gasteiger partial charge is 0.253 e. The van der Waals surface area contributed by atoms with E-state index in [1.807, 2.05) is 40.1 Å². The molecule has 1 heterocycles. The van der Waals surface area contributed by atoms with Gasteiger partial charge in [-0.2, -0.15) is 0 Å².